The summed E-state index contributed by atoms with van der Waals surface area (Å²) < 4.78 is 32.1. The molecule has 2 saturated heterocycles. The Bertz CT molecular complexity index is 751. The molecule has 2 heterocycles. The van der Waals surface area contributed by atoms with E-state index in [4.69, 9.17) is 4.74 Å². The molecule has 0 bridgehead atoms. The van der Waals surface area contributed by atoms with Crippen molar-refractivity contribution in [3.05, 3.63) is 29.8 Å². The molecule has 8 heteroatoms. The fourth-order valence-electron chi connectivity index (χ4n) is 2.94. The summed E-state index contributed by atoms with van der Waals surface area (Å²) in [7, 11) is -3.66. The average Bonchev–Trinajstić information content (AvgIpc) is 2.88. The Balaban J connectivity index is 1.78. The lowest BCUT2D eigenvalue weighted by Crippen LogP contribution is -2.48. The molecule has 7 nitrogen and oxygen atoms in total. The van der Waals surface area contributed by atoms with Crippen LogP contribution >= 0.6 is 0 Å². The van der Waals surface area contributed by atoms with Crippen molar-refractivity contribution < 1.29 is 22.7 Å². The van der Waals surface area contributed by atoms with Gasteiger partial charge in [-0.3, -0.25) is 4.79 Å². The number of benzene rings is 1. The highest BCUT2D eigenvalue weighted by Crippen LogP contribution is 2.31. The Hall–Kier alpha value is -1.93. The molecule has 0 unspecified atom stereocenters. The second-order valence-electron chi connectivity index (χ2n) is 5.91. The molecule has 1 spiro atoms. The van der Waals surface area contributed by atoms with E-state index < -0.39 is 21.7 Å². The van der Waals surface area contributed by atoms with E-state index in [0.29, 0.717) is 24.9 Å². The number of rotatable bonds is 3. The highest BCUT2D eigenvalue weighted by molar-refractivity contribution is 7.89. The Kier molecular flexibility index (Phi) is 3.89. The molecular weight excluding hydrogens is 320 g/mol. The van der Waals surface area contributed by atoms with E-state index in [0.717, 1.165) is 0 Å². The van der Waals surface area contributed by atoms with Crippen molar-refractivity contribution in [2.24, 2.45) is 0 Å². The highest BCUT2D eigenvalue weighted by atomic mass is 32.2. The van der Waals surface area contributed by atoms with Crippen LogP contribution in [0.25, 0.3) is 0 Å². The minimum Gasteiger partial charge on any atom is -0.441 e. The van der Waals surface area contributed by atoms with Gasteiger partial charge in [-0.25, -0.2) is 13.2 Å². The van der Waals surface area contributed by atoms with Crippen LogP contribution in [0, 0.1) is 0 Å². The summed E-state index contributed by atoms with van der Waals surface area (Å²) >= 11 is 0. The monoisotopic (exact) mass is 338 g/mol. The summed E-state index contributed by atoms with van der Waals surface area (Å²) in [4.78, 5) is 22.8. The average molecular weight is 338 g/mol. The normalized spacial score (nSPS) is 21.0. The van der Waals surface area contributed by atoms with Crippen molar-refractivity contribution in [2.45, 2.75) is 30.3 Å². The molecule has 1 N–H and O–H groups in total. The minimum absolute atomic E-state index is 0.114. The van der Waals surface area contributed by atoms with Crippen molar-refractivity contribution in [2.75, 3.05) is 19.6 Å². The molecule has 23 heavy (non-hydrogen) atoms. The summed E-state index contributed by atoms with van der Waals surface area (Å²) in [5.74, 6) is -0.177. The van der Waals surface area contributed by atoms with E-state index in [2.05, 4.69) is 5.32 Å². The first kappa shape index (κ1) is 15.9. The van der Waals surface area contributed by atoms with E-state index in [-0.39, 0.29) is 23.8 Å². The second kappa shape index (κ2) is 5.61. The first-order valence-electron chi connectivity index (χ1n) is 7.40. The molecule has 2 fully saturated rings. The zero-order valence-electron chi connectivity index (χ0n) is 12.7. The molecule has 0 saturated carbocycles. The summed E-state index contributed by atoms with van der Waals surface area (Å²) in [6.07, 6.45) is 0.463. The number of ketones is 1. The standard InChI is InChI=1S/C15H18N2O5S/c1-11(18)12-3-2-4-13(9-12)23(20,21)17-7-5-15(6-8-17)10-16-14(19)22-15/h2-4,9H,5-8,10H2,1H3,(H,16,19). The number of ether oxygens (including phenoxy) is 1. The van der Waals surface area contributed by atoms with Gasteiger partial charge in [0.25, 0.3) is 0 Å². The van der Waals surface area contributed by atoms with Crippen LogP contribution in [0.3, 0.4) is 0 Å². The summed E-state index contributed by atoms with van der Waals surface area (Å²) in [6.45, 7) is 2.38. The SMILES string of the molecule is CC(=O)c1cccc(S(=O)(=O)N2CCC3(CC2)CNC(=O)O3)c1. The molecule has 0 atom stereocenters. The molecule has 0 aliphatic carbocycles. The minimum atomic E-state index is -3.66. The molecule has 0 radical (unpaired) electrons. The van der Waals surface area contributed by atoms with Crippen LogP contribution < -0.4 is 5.32 Å². The Morgan fingerprint density at radius 2 is 2.00 bits per heavy atom. The van der Waals surface area contributed by atoms with E-state index in [1.165, 1.54) is 23.4 Å². The summed E-state index contributed by atoms with van der Waals surface area (Å²) in [5.41, 5.74) is -0.224. The third kappa shape index (κ3) is 2.96. The predicted octanol–water partition coefficient (Wildman–Crippen LogP) is 1.15. The number of hydrogen-bond acceptors (Lipinski definition) is 5. The molecule has 2 aliphatic rings. The van der Waals surface area contributed by atoms with Gasteiger partial charge < -0.3 is 10.1 Å². The van der Waals surface area contributed by atoms with E-state index in [1.807, 2.05) is 0 Å². The Morgan fingerprint density at radius 3 is 2.57 bits per heavy atom. The first-order chi connectivity index (χ1) is 10.8. The first-order valence-corrected chi connectivity index (χ1v) is 8.84. The zero-order valence-corrected chi connectivity index (χ0v) is 13.6. The maximum absolute atomic E-state index is 12.7. The number of nitrogens with one attached hydrogen (secondary N) is 1. The van der Waals surface area contributed by atoms with Crippen molar-refractivity contribution >= 4 is 21.9 Å². The number of carbonyl (C=O) groups excluding carboxylic acids is 2. The van der Waals surface area contributed by atoms with Crippen LogP contribution in [-0.4, -0.2) is 49.8 Å². The van der Waals surface area contributed by atoms with Gasteiger partial charge in [-0.15, -0.1) is 0 Å². The van der Waals surface area contributed by atoms with Crippen molar-refractivity contribution in [3.63, 3.8) is 0 Å². The fourth-order valence-corrected chi connectivity index (χ4v) is 4.43. The van der Waals surface area contributed by atoms with Crippen LogP contribution in [0.2, 0.25) is 0 Å². The molecule has 1 aromatic rings. The van der Waals surface area contributed by atoms with Gasteiger partial charge in [0.05, 0.1) is 11.4 Å². The van der Waals surface area contributed by atoms with E-state index in [9.17, 15) is 18.0 Å². The molecule has 3 rings (SSSR count). The molecule has 1 aromatic carbocycles. The van der Waals surface area contributed by atoms with Crippen LogP contribution in [-0.2, 0) is 14.8 Å². The number of sulfonamides is 1. The lowest BCUT2D eigenvalue weighted by molar-refractivity contribution is 0.0173. The van der Waals surface area contributed by atoms with Crippen LogP contribution in [0.15, 0.2) is 29.2 Å². The molecule has 2 aliphatic heterocycles. The molecule has 0 aromatic heterocycles. The maximum atomic E-state index is 12.7. The van der Waals surface area contributed by atoms with Gasteiger partial charge in [0.2, 0.25) is 10.0 Å². The zero-order chi connectivity index (χ0) is 16.7. The number of Topliss-reactive ketones (excluding diaryl/α,β-unsaturated/α-hetero) is 1. The number of piperidine rings is 1. The highest BCUT2D eigenvalue weighted by Gasteiger charge is 2.45. The van der Waals surface area contributed by atoms with Crippen molar-refractivity contribution in [1.29, 1.82) is 0 Å². The van der Waals surface area contributed by atoms with Gasteiger partial charge in [0, 0.05) is 31.5 Å². The lowest BCUT2D eigenvalue weighted by atomic mass is 9.93. The van der Waals surface area contributed by atoms with Crippen LogP contribution in [0.1, 0.15) is 30.1 Å². The number of nitrogens with zero attached hydrogens (tertiary/aromatic N) is 1. The van der Waals surface area contributed by atoms with Gasteiger partial charge in [0.15, 0.2) is 5.78 Å². The Morgan fingerprint density at radius 1 is 1.30 bits per heavy atom. The number of hydrogen-bond donors (Lipinski definition) is 1. The lowest BCUT2D eigenvalue weighted by Gasteiger charge is -2.36. The van der Waals surface area contributed by atoms with E-state index in [1.54, 1.807) is 12.1 Å². The smallest absolute Gasteiger partial charge is 0.407 e. The maximum Gasteiger partial charge on any atom is 0.407 e. The third-order valence-corrected chi connectivity index (χ3v) is 6.27. The number of carbonyl (C=O) groups is 2. The van der Waals surface area contributed by atoms with Crippen molar-refractivity contribution in [3.8, 4) is 0 Å². The quantitative estimate of drug-likeness (QED) is 0.835. The van der Waals surface area contributed by atoms with Gasteiger partial charge >= 0.3 is 6.09 Å². The topological polar surface area (TPSA) is 92.8 Å². The van der Waals surface area contributed by atoms with Gasteiger partial charge in [0.1, 0.15) is 5.60 Å². The third-order valence-electron chi connectivity index (χ3n) is 4.38. The number of alkyl carbamates (subject to hydrolysis) is 1. The Labute approximate surface area is 134 Å². The molecule has 124 valence electrons. The van der Waals surface area contributed by atoms with Gasteiger partial charge in [-0.05, 0) is 19.1 Å². The number of amides is 1. The summed E-state index contributed by atoms with van der Waals surface area (Å²) in [6, 6.07) is 6.05. The second-order valence-corrected chi connectivity index (χ2v) is 7.85. The van der Waals surface area contributed by atoms with Crippen LogP contribution in [0.4, 0.5) is 4.79 Å². The van der Waals surface area contributed by atoms with Gasteiger partial charge in [-0.2, -0.15) is 4.31 Å². The van der Waals surface area contributed by atoms with Crippen molar-refractivity contribution in [1.82, 2.24) is 9.62 Å². The van der Waals surface area contributed by atoms with E-state index >= 15 is 0 Å². The summed E-state index contributed by atoms with van der Waals surface area (Å²) in [5, 5.41) is 2.62. The van der Waals surface area contributed by atoms with Gasteiger partial charge in [-0.1, -0.05) is 12.1 Å². The van der Waals surface area contributed by atoms with Crippen LogP contribution in [0.5, 0.6) is 0 Å². The molecule has 1 amide bonds. The predicted molar refractivity (Wildman–Crippen MR) is 81.7 cm³/mol. The largest absolute Gasteiger partial charge is 0.441 e. The fraction of sp³-hybridized carbons (Fsp3) is 0.467. The molecular formula is C15H18N2O5S.